The molecule has 0 saturated heterocycles. The lowest BCUT2D eigenvalue weighted by atomic mass is 10.1. The molecule has 0 aliphatic rings. The largest absolute Gasteiger partial charge is 0.489 e. The summed E-state index contributed by atoms with van der Waals surface area (Å²) in [5.41, 5.74) is 1.17. The number of nitrogens with zero attached hydrogens (tertiary/aromatic N) is 1. The summed E-state index contributed by atoms with van der Waals surface area (Å²) in [6.45, 7) is 0.372. The minimum Gasteiger partial charge on any atom is -0.489 e. The van der Waals surface area contributed by atoms with Crippen molar-refractivity contribution in [1.29, 1.82) is 0 Å². The summed E-state index contributed by atoms with van der Waals surface area (Å²) in [6, 6.07) is 19.6. The van der Waals surface area contributed by atoms with Crippen LogP contribution in [0.15, 0.2) is 77.6 Å². The molecule has 0 bridgehead atoms. The summed E-state index contributed by atoms with van der Waals surface area (Å²) in [5.74, 6) is -0.509. The predicted octanol–water partition coefficient (Wildman–Crippen LogP) is 3.87. The van der Waals surface area contributed by atoms with Gasteiger partial charge in [-0.15, -0.1) is 0 Å². The number of nitrogens with one attached hydrogen (secondary N) is 1. The fourth-order valence-electron chi connectivity index (χ4n) is 2.80. The number of hydrogen-bond donors (Lipinski definition) is 1. The average molecular weight is 374 g/mol. The minimum absolute atomic E-state index is 0.107. The fraction of sp³-hybridized carbons (Fsp3) is 0.0455. The van der Waals surface area contributed by atoms with Crippen LogP contribution in [0.4, 0.5) is 4.39 Å². The van der Waals surface area contributed by atoms with Gasteiger partial charge in [-0.3, -0.25) is 9.59 Å². The van der Waals surface area contributed by atoms with E-state index >= 15 is 0 Å². The van der Waals surface area contributed by atoms with Gasteiger partial charge >= 0.3 is 0 Å². The van der Waals surface area contributed by atoms with Gasteiger partial charge in [0.05, 0.1) is 10.9 Å². The van der Waals surface area contributed by atoms with Crippen LogP contribution in [-0.4, -0.2) is 15.8 Å². The molecule has 1 aromatic heterocycles. The molecular formula is C22H15FN2O3. The molecule has 5 nitrogen and oxygen atoms in total. The third-order valence-electron chi connectivity index (χ3n) is 4.25. The zero-order valence-corrected chi connectivity index (χ0v) is 14.7. The highest BCUT2D eigenvalue weighted by Gasteiger charge is 2.14. The van der Waals surface area contributed by atoms with Crippen molar-refractivity contribution in [3.8, 4) is 5.75 Å². The molecule has 1 N–H and O–H groups in total. The van der Waals surface area contributed by atoms with E-state index in [0.717, 1.165) is 5.56 Å². The number of ether oxygens (including phenoxy) is 1. The molecule has 138 valence electrons. The first-order chi connectivity index (χ1) is 13.6. The summed E-state index contributed by atoms with van der Waals surface area (Å²) in [4.78, 5) is 31.7. The van der Waals surface area contributed by atoms with Crippen LogP contribution in [-0.2, 0) is 6.61 Å². The Morgan fingerprint density at radius 3 is 2.50 bits per heavy atom. The van der Waals surface area contributed by atoms with Crippen molar-refractivity contribution in [3.63, 3.8) is 0 Å². The number of ketones is 1. The van der Waals surface area contributed by atoms with E-state index in [-0.39, 0.29) is 11.4 Å². The third-order valence-corrected chi connectivity index (χ3v) is 4.25. The second-order valence-electron chi connectivity index (χ2n) is 6.20. The molecule has 1 heterocycles. The highest BCUT2D eigenvalue weighted by atomic mass is 19.1. The number of rotatable bonds is 5. The monoisotopic (exact) mass is 374 g/mol. The van der Waals surface area contributed by atoms with E-state index in [1.54, 1.807) is 18.2 Å². The van der Waals surface area contributed by atoms with E-state index in [1.165, 1.54) is 24.3 Å². The second-order valence-corrected chi connectivity index (χ2v) is 6.20. The molecule has 28 heavy (non-hydrogen) atoms. The summed E-state index contributed by atoms with van der Waals surface area (Å²) in [7, 11) is 0. The van der Waals surface area contributed by atoms with Gasteiger partial charge in [-0.25, -0.2) is 9.37 Å². The molecule has 0 fully saturated rings. The van der Waals surface area contributed by atoms with Gasteiger partial charge in [-0.05, 0) is 42.0 Å². The predicted molar refractivity (Wildman–Crippen MR) is 103 cm³/mol. The first-order valence-electron chi connectivity index (χ1n) is 8.61. The molecule has 0 saturated carbocycles. The first-order valence-corrected chi connectivity index (χ1v) is 8.61. The Hall–Kier alpha value is -3.80. The van der Waals surface area contributed by atoms with Crippen LogP contribution in [0.2, 0.25) is 0 Å². The van der Waals surface area contributed by atoms with Crippen molar-refractivity contribution in [3.05, 3.63) is 106 Å². The Balaban J connectivity index is 1.65. The van der Waals surface area contributed by atoms with Crippen molar-refractivity contribution in [2.45, 2.75) is 6.61 Å². The molecule has 0 spiro atoms. The zero-order valence-electron chi connectivity index (χ0n) is 14.7. The number of carbonyl (C=O) groups excluding carboxylic acids is 1. The van der Waals surface area contributed by atoms with Gasteiger partial charge in [0.2, 0.25) is 5.78 Å². The van der Waals surface area contributed by atoms with Crippen molar-refractivity contribution in [1.82, 2.24) is 9.97 Å². The van der Waals surface area contributed by atoms with Crippen molar-refractivity contribution >= 4 is 16.7 Å². The number of H-pyrrole nitrogens is 1. The maximum atomic E-state index is 13.1. The maximum absolute atomic E-state index is 13.1. The molecule has 0 unspecified atom stereocenters. The van der Waals surface area contributed by atoms with Crippen LogP contribution >= 0.6 is 0 Å². The number of fused-ring (bicyclic) bond motifs is 1. The third kappa shape index (κ3) is 3.66. The lowest BCUT2D eigenvalue weighted by molar-refractivity contribution is 0.102. The van der Waals surface area contributed by atoms with Gasteiger partial charge in [0.15, 0.2) is 5.82 Å². The van der Waals surface area contributed by atoms with Crippen LogP contribution in [0, 0.1) is 5.82 Å². The van der Waals surface area contributed by atoms with E-state index in [4.69, 9.17) is 4.74 Å². The Labute approximate surface area is 159 Å². The highest BCUT2D eigenvalue weighted by Crippen LogP contribution is 2.19. The SMILES string of the molecule is O=C(c1ccc(F)cc1)c1nc2cc(OCc3ccccc3)ccc2c(=O)[nH]1. The molecular weight excluding hydrogens is 359 g/mol. The first kappa shape index (κ1) is 17.6. The Kier molecular flexibility index (Phi) is 4.68. The van der Waals surface area contributed by atoms with Gasteiger partial charge < -0.3 is 9.72 Å². The van der Waals surface area contributed by atoms with Crippen LogP contribution in [0.3, 0.4) is 0 Å². The number of benzene rings is 3. The van der Waals surface area contributed by atoms with E-state index < -0.39 is 17.2 Å². The molecule has 4 aromatic rings. The topological polar surface area (TPSA) is 72.0 Å². The Morgan fingerprint density at radius 2 is 1.75 bits per heavy atom. The molecule has 0 atom stereocenters. The number of aromatic amines is 1. The second kappa shape index (κ2) is 7.44. The number of hydrogen-bond acceptors (Lipinski definition) is 4. The van der Waals surface area contributed by atoms with Crippen molar-refractivity contribution < 1.29 is 13.9 Å². The van der Waals surface area contributed by atoms with Gasteiger partial charge in [0, 0.05) is 11.6 Å². The molecule has 0 aliphatic heterocycles. The summed E-state index contributed by atoms with van der Waals surface area (Å²) in [6.07, 6.45) is 0. The molecule has 0 radical (unpaired) electrons. The number of carbonyl (C=O) groups is 1. The lowest BCUT2D eigenvalue weighted by Crippen LogP contribution is -2.16. The average Bonchev–Trinajstić information content (AvgIpc) is 2.73. The van der Waals surface area contributed by atoms with Crippen LogP contribution in [0.5, 0.6) is 5.75 Å². The summed E-state index contributed by atoms with van der Waals surface area (Å²) >= 11 is 0. The Morgan fingerprint density at radius 1 is 1.00 bits per heavy atom. The molecule has 0 aliphatic carbocycles. The van der Waals surface area contributed by atoms with Gasteiger partial charge in [-0.2, -0.15) is 0 Å². The summed E-state index contributed by atoms with van der Waals surface area (Å²) < 4.78 is 18.8. The van der Waals surface area contributed by atoms with E-state index in [2.05, 4.69) is 9.97 Å². The summed E-state index contributed by atoms with van der Waals surface area (Å²) in [5, 5.41) is 0.350. The van der Waals surface area contributed by atoms with Crippen LogP contribution < -0.4 is 10.3 Å². The molecule has 4 rings (SSSR count). The minimum atomic E-state index is -0.491. The van der Waals surface area contributed by atoms with Crippen LogP contribution in [0.25, 0.3) is 10.9 Å². The normalized spacial score (nSPS) is 10.8. The fourth-order valence-corrected chi connectivity index (χ4v) is 2.80. The smallest absolute Gasteiger partial charge is 0.259 e. The lowest BCUT2D eigenvalue weighted by Gasteiger charge is -2.08. The maximum Gasteiger partial charge on any atom is 0.259 e. The van der Waals surface area contributed by atoms with Crippen molar-refractivity contribution in [2.24, 2.45) is 0 Å². The molecule has 6 heteroatoms. The number of aromatic nitrogens is 2. The van der Waals surface area contributed by atoms with Crippen LogP contribution in [0.1, 0.15) is 21.7 Å². The van der Waals surface area contributed by atoms with Gasteiger partial charge in [0.1, 0.15) is 18.2 Å². The van der Waals surface area contributed by atoms with Crippen molar-refractivity contribution in [2.75, 3.05) is 0 Å². The quantitative estimate of drug-likeness (QED) is 0.538. The molecule has 0 amide bonds. The standard InChI is InChI=1S/C22H15FN2O3/c23-16-8-6-15(7-9-16)20(26)21-24-19-12-17(10-11-18(19)22(27)25-21)28-13-14-4-2-1-3-5-14/h1-12H,13H2,(H,24,25,27). The van der Waals surface area contributed by atoms with E-state index in [0.29, 0.717) is 23.3 Å². The van der Waals surface area contributed by atoms with Gasteiger partial charge in [-0.1, -0.05) is 30.3 Å². The van der Waals surface area contributed by atoms with E-state index in [9.17, 15) is 14.0 Å². The Bertz CT molecular complexity index is 1200. The highest BCUT2D eigenvalue weighted by molar-refractivity contribution is 6.07. The zero-order chi connectivity index (χ0) is 19.5. The van der Waals surface area contributed by atoms with Gasteiger partial charge in [0.25, 0.3) is 5.56 Å². The van der Waals surface area contributed by atoms with E-state index in [1.807, 2.05) is 30.3 Å². The molecule has 3 aromatic carbocycles. The number of halogens is 1.